The van der Waals surface area contributed by atoms with Gasteiger partial charge in [0.25, 0.3) is 0 Å². The second kappa shape index (κ2) is 5.36. The van der Waals surface area contributed by atoms with Gasteiger partial charge in [-0.25, -0.2) is 4.98 Å². The molecule has 3 aromatic rings. The Morgan fingerprint density at radius 2 is 2.08 bits per heavy atom. The zero-order valence-electron chi connectivity index (χ0n) is 13.9. The normalized spacial score (nSPS) is 15.1. The third kappa shape index (κ3) is 2.33. The highest BCUT2D eigenvalue weighted by Crippen LogP contribution is 2.33. The number of aromatic nitrogens is 3. The standard InChI is InChI=1S/C17H19N5O2/c1-9-6-12-13(19-9)7-14(16-10(2)21-24-11(16)3)20-17(12)22-5-4-18-15(23)8-22/h6-7,19H,4-5,8H2,1-3H3,(H,18,23). The Bertz CT molecular complexity index is 921. The molecule has 4 rings (SSSR count). The summed E-state index contributed by atoms with van der Waals surface area (Å²) >= 11 is 0. The molecule has 124 valence electrons. The Morgan fingerprint density at radius 1 is 1.25 bits per heavy atom. The van der Waals surface area contributed by atoms with Crippen LogP contribution in [0.1, 0.15) is 17.1 Å². The highest BCUT2D eigenvalue weighted by molar-refractivity contribution is 5.95. The molecule has 0 atom stereocenters. The van der Waals surface area contributed by atoms with Gasteiger partial charge in [0.05, 0.1) is 29.0 Å². The summed E-state index contributed by atoms with van der Waals surface area (Å²) in [6, 6.07) is 4.09. The van der Waals surface area contributed by atoms with Crippen molar-refractivity contribution >= 4 is 22.6 Å². The molecule has 24 heavy (non-hydrogen) atoms. The summed E-state index contributed by atoms with van der Waals surface area (Å²) in [4.78, 5) is 22.1. The number of piperazine rings is 1. The predicted octanol–water partition coefficient (Wildman–Crippen LogP) is 2.08. The number of aromatic amines is 1. The zero-order valence-corrected chi connectivity index (χ0v) is 13.9. The van der Waals surface area contributed by atoms with Crippen molar-refractivity contribution in [2.75, 3.05) is 24.5 Å². The molecular weight excluding hydrogens is 306 g/mol. The van der Waals surface area contributed by atoms with Crippen molar-refractivity contribution in [3.63, 3.8) is 0 Å². The first kappa shape index (κ1) is 14.7. The maximum atomic E-state index is 11.8. The van der Waals surface area contributed by atoms with Gasteiger partial charge in [0.15, 0.2) is 0 Å². The lowest BCUT2D eigenvalue weighted by atomic mass is 10.1. The topological polar surface area (TPSA) is 87.1 Å². The van der Waals surface area contributed by atoms with Gasteiger partial charge in [-0.2, -0.15) is 0 Å². The van der Waals surface area contributed by atoms with Crippen LogP contribution in [0.5, 0.6) is 0 Å². The monoisotopic (exact) mass is 325 g/mol. The maximum absolute atomic E-state index is 11.8. The molecule has 7 nitrogen and oxygen atoms in total. The summed E-state index contributed by atoms with van der Waals surface area (Å²) in [6.07, 6.45) is 0. The van der Waals surface area contributed by atoms with Crippen LogP contribution in [-0.2, 0) is 4.79 Å². The lowest BCUT2D eigenvalue weighted by molar-refractivity contribution is -0.120. The van der Waals surface area contributed by atoms with Gasteiger partial charge in [0.2, 0.25) is 5.91 Å². The highest BCUT2D eigenvalue weighted by atomic mass is 16.5. The maximum Gasteiger partial charge on any atom is 0.239 e. The molecule has 2 N–H and O–H groups in total. The van der Waals surface area contributed by atoms with Crippen LogP contribution in [0.3, 0.4) is 0 Å². The summed E-state index contributed by atoms with van der Waals surface area (Å²) in [7, 11) is 0. The number of nitrogens with zero attached hydrogens (tertiary/aromatic N) is 3. The Kier molecular flexibility index (Phi) is 3.30. The highest BCUT2D eigenvalue weighted by Gasteiger charge is 2.23. The Balaban J connectivity index is 1.92. The van der Waals surface area contributed by atoms with Crippen molar-refractivity contribution in [1.29, 1.82) is 0 Å². The van der Waals surface area contributed by atoms with Crippen molar-refractivity contribution in [1.82, 2.24) is 20.4 Å². The van der Waals surface area contributed by atoms with E-state index in [1.165, 1.54) is 0 Å². The minimum atomic E-state index is 0.0196. The molecule has 0 saturated carbocycles. The average Bonchev–Trinajstić information content (AvgIpc) is 3.07. The molecule has 1 saturated heterocycles. The van der Waals surface area contributed by atoms with Crippen LogP contribution < -0.4 is 10.2 Å². The smallest absolute Gasteiger partial charge is 0.239 e. The van der Waals surface area contributed by atoms with Crippen LogP contribution in [0.25, 0.3) is 22.2 Å². The Hall–Kier alpha value is -2.83. The SMILES string of the molecule is Cc1cc2c(N3CCNC(=O)C3)nc(-c3c(C)noc3C)cc2[nH]1. The predicted molar refractivity (Wildman–Crippen MR) is 91.0 cm³/mol. The largest absolute Gasteiger partial charge is 0.361 e. The van der Waals surface area contributed by atoms with Crippen LogP contribution in [-0.4, -0.2) is 40.7 Å². The molecule has 1 aliphatic heterocycles. The van der Waals surface area contributed by atoms with Gasteiger partial charge in [-0.15, -0.1) is 0 Å². The molecule has 0 unspecified atom stereocenters. The van der Waals surface area contributed by atoms with Crippen molar-refractivity contribution in [3.8, 4) is 11.3 Å². The number of H-pyrrole nitrogens is 1. The fourth-order valence-corrected chi connectivity index (χ4v) is 3.29. The number of pyridine rings is 1. The van der Waals surface area contributed by atoms with E-state index in [0.29, 0.717) is 13.1 Å². The number of amides is 1. The minimum Gasteiger partial charge on any atom is -0.361 e. The molecular formula is C17H19N5O2. The molecule has 0 aliphatic carbocycles. The Labute approximate surface area is 139 Å². The third-order valence-corrected chi connectivity index (χ3v) is 4.36. The average molecular weight is 325 g/mol. The van der Waals surface area contributed by atoms with Crippen LogP contribution >= 0.6 is 0 Å². The zero-order chi connectivity index (χ0) is 16.8. The van der Waals surface area contributed by atoms with E-state index in [4.69, 9.17) is 9.51 Å². The molecule has 3 aromatic heterocycles. The number of carbonyl (C=O) groups is 1. The van der Waals surface area contributed by atoms with E-state index in [2.05, 4.69) is 21.5 Å². The van der Waals surface area contributed by atoms with Crippen molar-refractivity contribution in [2.45, 2.75) is 20.8 Å². The molecule has 0 spiro atoms. The number of nitrogens with one attached hydrogen (secondary N) is 2. The van der Waals surface area contributed by atoms with Crippen LogP contribution in [0.15, 0.2) is 16.7 Å². The quantitative estimate of drug-likeness (QED) is 0.753. The molecule has 4 heterocycles. The van der Waals surface area contributed by atoms with Crippen LogP contribution in [0.4, 0.5) is 5.82 Å². The summed E-state index contributed by atoms with van der Waals surface area (Å²) < 4.78 is 5.29. The van der Waals surface area contributed by atoms with Gasteiger partial charge in [-0.1, -0.05) is 5.16 Å². The van der Waals surface area contributed by atoms with E-state index >= 15 is 0 Å². The second-order valence-electron chi connectivity index (χ2n) is 6.22. The second-order valence-corrected chi connectivity index (χ2v) is 6.22. The van der Waals surface area contributed by atoms with Gasteiger partial charge in [0, 0.05) is 24.2 Å². The van der Waals surface area contributed by atoms with Gasteiger partial charge in [-0.3, -0.25) is 4.79 Å². The molecule has 1 fully saturated rings. The van der Waals surface area contributed by atoms with Crippen molar-refractivity contribution in [3.05, 3.63) is 29.3 Å². The van der Waals surface area contributed by atoms with E-state index in [0.717, 1.165) is 51.7 Å². The lowest BCUT2D eigenvalue weighted by Gasteiger charge is -2.28. The number of hydrogen-bond acceptors (Lipinski definition) is 5. The fraction of sp³-hybridized carbons (Fsp3) is 0.353. The van der Waals surface area contributed by atoms with E-state index < -0.39 is 0 Å². The molecule has 1 aliphatic rings. The first-order valence-electron chi connectivity index (χ1n) is 7.98. The van der Waals surface area contributed by atoms with E-state index in [1.807, 2.05) is 31.7 Å². The van der Waals surface area contributed by atoms with Crippen molar-refractivity contribution < 1.29 is 9.32 Å². The number of rotatable bonds is 2. The molecule has 0 aromatic carbocycles. The number of hydrogen-bond donors (Lipinski definition) is 2. The van der Waals surface area contributed by atoms with E-state index in [1.54, 1.807) is 0 Å². The van der Waals surface area contributed by atoms with E-state index in [-0.39, 0.29) is 5.91 Å². The van der Waals surface area contributed by atoms with Gasteiger partial charge >= 0.3 is 0 Å². The first-order chi connectivity index (χ1) is 11.5. The third-order valence-electron chi connectivity index (χ3n) is 4.36. The number of carbonyl (C=O) groups excluding carboxylic acids is 1. The Morgan fingerprint density at radius 3 is 2.79 bits per heavy atom. The number of fused-ring (bicyclic) bond motifs is 1. The molecule has 0 radical (unpaired) electrons. The first-order valence-corrected chi connectivity index (χ1v) is 7.98. The summed E-state index contributed by atoms with van der Waals surface area (Å²) in [6.45, 7) is 7.49. The van der Waals surface area contributed by atoms with Gasteiger partial charge in [0.1, 0.15) is 11.6 Å². The summed E-state index contributed by atoms with van der Waals surface area (Å²) in [5.74, 6) is 1.58. The van der Waals surface area contributed by atoms with Crippen molar-refractivity contribution in [2.24, 2.45) is 0 Å². The van der Waals surface area contributed by atoms with Gasteiger partial charge in [-0.05, 0) is 32.9 Å². The number of anilines is 1. The molecule has 7 heteroatoms. The molecule has 1 amide bonds. The number of aryl methyl sites for hydroxylation is 3. The lowest BCUT2D eigenvalue weighted by Crippen LogP contribution is -2.48. The summed E-state index contributed by atoms with van der Waals surface area (Å²) in [5.41, 5.74) is 4.59. The van der Waals surface area contributed by atoms with Crippen LogP contribution in [0, 0.1) is 20.8 Å². The minimum absolute atomic E-state index is 0.0196. The van der Waals surface area contributed by atoms with E-state index in [9.17, 15) is 4.79 Å². The summed E-state index contributed by atoms with van der Waals surface area (Å²) in [5, 5.41) is 7.91. The molecule has 0 bridgehead atoms. The van der Waals surface area contributed by atoms with Crippen LogP contribution in [0.2, 0.25) is 0 Å². The van der Waals surface area contributed by atoms with Gasteiger partial charge < -0.3 is 19.7 Å². The fourth-order valence-electron chi connectivity index (χ4n) is 3.29.